The van der Waals surface area contributed by atoms with Gasteiger partial charge in [0.2, 0.25) is 10.0 Å². The van der Waals surface area contributed by atoms with E-state index >= 15 is 4.39 Å². The maximum absolute atomic E-state index is 15.4. The van der Waals surface area contributed by atoms with Crippen LogP contribution in [0.4, 0.5) is 8.78 Å². The van der Waals surface area contributed by atoms with Gasteiger partial charge in [-0.3, -0.25) is 4.79 Å². The Morgan fingerprint density at radius 2 is 1.65 bits per heavy atom. The average Bonchev–Trinajstić information content (AvgIpc) is 3.04. The number of hydrogen-bond donors (Lipinski definition) is 2. The molecule has 1 aliphatic heterocycles. The smallest absolute Gasteiger partial charge is 0.243 e. The maximum Gasteiger partial charge on any atom is 0.243 e. The van der Waals surface area contributed by atoms with Crippen molar-refractivity contribution in [1.29, 1.82) is 0 Å². The van der Waals surface area contributed by atoms with Gasteiger partial charge in [-0.15, -0.1) is 0 Å². The van der Waals surface area contributed by atoms with E-state index in [-0.39, 0.29) is 35.4 Å². The minimum atomic E-state index is -3.78. The largest absolute Gasteiger partial charge is 0.321 e. The number of halogens is 3. The Bertz CT molecular complexity index is 1740. The van der Waals surface area contributed by atoms with Gasteiger partial charge in [-0.1, -0.05) is 66.2 Å². The zero-order chi connectivity index (χ0) is 32.8. The molecule has 3 N–H and O–H groups in total. The minimum absolute atomic E-state index is 0.0902. The van der Waals surface area contributed by atoms with Crippen molar-refractivity contribution in [2.24, 2.45) is 5.73 Å². The van der Waals surface area contributed by atoms with Crippen LogP contribution in [0.2, 0.25) is 5.02 Å². The van der Waals surface area contributed by atoms with E-state index in [1.807, 2.05) is 19.1 Å². The van der Waals surface area contributed by atoms with Crippen LogP contribution in [-0.4, -0.2) is 49.7 Å². The first kappa shape index (κ1) is 33.9. The Hall–Kier alpha value is -3.47. The molecule has 46 heavy (non-hydrogen) atoms. The second-order valence-corrected chi connectivity index (χ2v) is 14.2. The highest BCUT2D eigenvalue weighted by atomic mass is 35.5. The van der Waals surface area contributed by atoms with Gasteiger partial charge in [0.25, 0.3) is 0 Å². The molecule has 5 rings (SSSR count). The molecule has 6 nitrogen and oxygen atoms in total. The number of benzene rings is 4. The molecule has 0 radical (unpaired) electrons. The van der Waals surface area contributed by atoms with Crippen LogP contribution in [0.5, 0.6) is 0 Å². The van der Waals surface area contributed by atoms with Crippen LogP contribution in [-0.2, 0) is 34.1 Å². The summed E-state index contributed by atoms with van der Waals surface area (Å²) in [7, 11) is -3.78. The second kappa shape index (κ2) is 15.0. The van der Waals surface area contributed by atoms with Crippen molar-refractivity contribution in [1.82, 2.24) is 9.62 Å². The Morgan fingerprint density at radius 3 is 2.35 bits per heavy atom. The predicted octanol–water partition coefficient (Wildman–Crippen LogP) is 6.07. The van der Waals surface area contributed by atoms with E-state index in [4.69, 9.17) is 17.3 Å². The molecule has 0 amide bonds. The lowest BCUT2D eigenvalue weighted by Gasteiger charge is -2.40. The van der Waals surface area contributed by atoms with E-state index in [0.29, 0.717) is 42.1 Å². The van der Waals surface area contributed by atoms with E-state index in [0.717, 1.165) is 11.1 Å². The van der Waals surface area contributed by atoms with Crippen molar-refractivity contribution in [3.8, 4) is 0 Å². The molecular formula is C36H38ClF2N3O3S. The van der Waals surface area contributed by atoms with Crippen LogP contribution in [0.15, 0.2) is 102 Å². The van der Waals surface area contributed by atoms with Crippen molar-refractivity contribution < 1.29 is 22.0 Å². The van der Waals surface area contributed by atoms with Gasteiger partial charge < -0.3 is 11.1 Å². The third-order valence-electron chi connectivity index (χ3n) is 8.71. The number of sulfonamides is 1. The molecule has 0 unspecified atom stereocenters. The Labute approximate surface area is 274 Å². The normalized spacial score (nSPS) is 18.6. The Kier molecular flexibility index (Phi) is 11.0. The van der Waals surface area contributed by atoms with Crippen LogP contribution in [0.1, 0.15) is 41.5 Å². The number of hydrogen-bond acceptors (Lipinski definition) is 5. The van der Waals surface area contributed by atoms with Gasteiger partial charge in [-0.25, -0.2) is 17.2 Å². The summed E-state index contributed by atoms with van der Waals surface area (Å²) in [6, 6.07) is 24.5. The molecule has 1 saturated heterocycles. The third kappa shape index (κ3) is 7.90. The number of nitrogens with one attached hydrogen (secondary N) is 1. The van der Waals surface area contributed by atoms with Gasteiger partial charge in [0, 0.05) is 42.5 Å². The van der Waals surface area contributed by atoms with Gasteiger partial charge in [0.05, 0.1) is 10.9 Å². The molecule has 4 aromatic rings. The molecular weight excluding hydrogens is 628 g/mol. The number of Topliss-reactive ketones (excluding diaryl/α,β-unsaturated/α-hetero) is 1. The molecule has 0 spiro atoms. The molecule has 1 aliphatic rings. The summed E-state index contributed by atoms with van der Waals surface area (Å²) in [5, 5.41) is 3.85. The van der Waals surface area contributed by atoms with Gasteiger partial charge in [-0.05, 0) is 90.9 Å². The van der Waals surface area contributed by atoms with Crippen molar-refractivity contribution in [2.75, 3.05) is 13.1 Å². The lowest BCUT2D eigenvalue weighted by molar-refractivity contribution is -0.120. The van der Waals surface area contributed by atoms with Gasteiger partial charge in [-0.2, -0.15) is 4.31 Å². The van der Waals surface area contributed by atoms with Gasteiger partial charge in [0.1, 0.15) is 11.6 Å². The fourth-order valence-electron chi connectivity index (χ4n) is 6.30. The maximum atomic E-state index is 15.4. The molecule has 0 bridgehead atoms. The van der Waals surface area contributed by atoms with E-state index in [9.17, 15) is 17.6 Å². The molecule has 0 aliphatic carbocycles. The van der Waals surface area contributed by atoms with E-state index < -0.39 is 33.8 Å². The van der Waals surface area contributed by atoms with E-state index in [1.54, 1.807) is 66.7 Å². The molecule has 1 heterocycles. The molecule has 1 fully saturated rings. The lowest BCUT2D eigenvalue weighted by Crippen LogP contribution is -2.58. The molecule has 242 valence electrons. The number of carbonyl (C=O) groups is 1. The molecule has 0 aromatic heterocycles. The zero-order valence-corrected chi connectivity index (χ0v) is 27.2. The van der Waals surface area contributed by atoms with Gasteiger partial charge in [0.15, 0.2) is 5.78 Å². The topological polar surface area (TPSA) is 92.5 Å². The highest BCUT2D eigenvalue weighted by Gasteiger charge is 2.38. The summed E-state index contributed by atoms with van der Waals surface area (Å²) in [5.74, 6) is -1.51. The van der Waals surface area contributed by atoms with E-state index in [1.165, 1.54) is 22.5 Å². The Morgan fingerprint density at radius 1 is 0.957 bits per heavy atom. The Balaban J connectivity index is 1.36. The zero-order valence-electron chi connectivity index (χ0n) is 25.6. The fourth-order valence-corrected chi connectivity index (χ4v) is 8.29. The third-order valence-corrected chi connectivity index (χ3v) is 11.0. The summed E-state index contributed by atoms with van der Waals surface area (Å²) >= 11 is 6.12. The number of nitrogens with two attached hydrogens (primary N) is 1. The number of carbonyl (C=O) groups excluding carboxylic acids is 1. The van der Waals surface area contributed by atoms with Crippen molar-refractivity contribution in [3.05, 3.63) is 136 Å². The molecule has 0 saturated carbocycles. The first-order valence-electron chi connectivity index (χ1n) is 15.4. The van der Waals surface area contributed by atoms with Crippen LogP contribution in [0.3, 0.4) is 0 Å². The molecule has 10 heteroatoms. The highest BCUT2D eigenvalue weighted by molar-refractivity contribution is 7.89. The summed E-state index contributed by atoms with van der Waals surface area (Å²) in [6.07, 6.45) is 0.896. The lowest BCUT2D eigenvalue weighted by atomic mass is 9.82. The monoisotopic (exact) mass is 665 g/mol. The first-order valence-corrected chi connectivity index (χ1v) is 17.2. The van der Waals surface area contributed by atoms with Crippen molar-refractivity contribution in [2.45, 2.75) is 61.5 Å². The molecule has 4 aromatic carbocycles. The summed E-state index contributed by atoms with van der Waals surface area (Å²) in [6.45, 7) is 2.79. The highest BCUT2D eigenvalue weighted by Crippen LogP contribution is 2.29. The SMILES string of the molecule is C[C@@H]1CNC[C@H](CCc2c(F)cccc2CC(=O)[C@@H](N)[C@@H](Cc2ccc(F)cc2)c2ccc(Cl)cc2)N1S(=O)(=O)c1ccccc1. The second-order valence-electron chi connectivity index (χ2n) is 11.9. The number of piperazine rings is 1. The number of rotatable bonds is 12. The van der Waals surface area contributed by atoms with Crippen LogP contribution in [0, 0.1) is 11.6 Å². The first-order chi connectivity index (χ1) is 22.0. The summed E-state index contributed by atoms with van der Waals surface area (Å²) in [5.41, 5.74) is 9.17. The van der Waals surface area contributed by atoms with E-state index in [2.05, 4.69) is 5.32 Å². The summed E-state index contributed by atoms with van der Waals surface area (Å²) in [4.78, 5) is 14.0. The van der Waals surface area contributed by atoms with Crippen molar-refractivity contribution >= 4 is 27.4 Å². The van der Waals surface area contributed by atoms with Crippen LogP contribution < -0.4 is 11.1 Å². The predicted molar refractivity (Wildman–Crippen MR) is 177 cm³/mol. The van der Waals surface area contributed by atoms with Crippen LogP contribution >= 0.6 is 11.6 Å². The summed E-state index contributed by atoms with van der Waals surface area (Å²) < 4.78 is 57.8. The quantitative estimate of drug-likeness (QED) is 0.192. The standard InChI is InChI=1S/C36H38ClF2N3O3S/c1-24-22-41-23-30(42(24)46(44,45)31-7-3-2-4-8-31)18-19-32-27(6-5-9-34(32)39)21-35(43)36(40)33(26-12-14-28(37)15-13-26)20-25-10-16-29(38)17-11-25/h2-17,24,30,33,36,41H,18-23,40H2,1H3/t24-,30+,33+,36+/m1/s1. The minimum Gasteiger partial charge on any atom is -0.321 e. The number of ketones is 1. The van der Waals surface area contributed by atoms with Gasteiger partial charge >= 0.3 is 0 Å². The average molecular weight is 666 g/mol. The fraction of sp³-hybridized carbons (Fsp3) is 0.306. The van der Waals surface area contributed by atoms with Crippen LogP contribution in [0.25, 0.3) is 0 Å². The van der Waals surface area contributed by atoms with Crippen molar-refractivity contribution in [3.63, 3.8) is 0 Å². The molecule has 4 atom stereocenters. The number of nitrogens with zero attached hydrogens (tertiary/aromatic N) is 1.